The van der Waals surface area contributed by atoms with E-state index in [1.165, 1.54) is 0 Å². The van der Waals surface area contributed by atoms with Gasteiger partial charge in [0.05, 0.1) is 15.9 Å². The molecular formula is C24H25N3O2S. The van der Waals surface area contributed by atoms with Gasteiger partial charge >= 0.3 is 0 Å². The van der Waals surface area contributed by atoms with Crippen molar-refractivity contribution in [1.29, 1.82) is 0 Å². The average Bonchev–Trinajstić information content (AvgIpc) is 3.10. The van der Waals surface area contributed by atoms with Crippen LogP contribution in [0.5, 0.6) is 0 Å². The monoisotopic (exact) mass is 419 g/mol. The van der Waals surface area contributed by atoms with Crippen molar-refractivity contribution in [2.24, 2.45) is 0 Å². The minimum absolute atomic E-state index is 0.259. The lowest BCUT2D eigenvalue weighted by molar-refractivity contribution is 0.601. The van der Waals surface area contributed by atoms with Crippen molar-refractivity contribution in [2.75, 3.05) is 4.72 Å². The minimum Gasteiger partial charge on any atom is -0.328 e. The van der Waals surface area contributed by atoms with Crippen molar-refractivity contribution in [2.45, 2.75) is 38.1 Å². The number of anilines is 1. The molecule has 0 aliphatic heterocycles. The first kappa shape index (κ1) is 20.2. The molecule has 0 aliphatic rings. The zero-order valence-electron chi connectivity index (χ0n) is 17.2. The summed E-state index contributed by atoms with van der Waals surface area (Å²) in [4.78, 5) is 5.04. The zero-order valence-corrected chi connectivity index (χ0v) is 18.0. The molecule has 0 radical (unpaired) electrons. The molecule has 0 atom stereocenters. The van der Waals surface area contributed by atoms with Crippen LogP contribution in [0.1, 0.15) is 23.9 Å². The molecule has 3 aromatic carbocycles. The third kappa shape index (κ3) is 4.24. The van der Waals surface area contributed by atoms with E-state index in [1.807, 2.05) is 43.3 Å². The molecule has 4 rings (SSSR count). The number of aryl methyl sites for hydroxylation is 4. The topological polar surface area (TPSA) is 64.0 Å². The molecular weight excluding hydrogens is 394 g/mol. The fraction of sp³-hybridized carbons (Fsp3) is 0.208. The first-order chi connectivity index (χ1) is 14.5. The number of imidazole rings is 1. The van der Waals surface area contributed by atoms with E-state index in [-0.39, 0.29) is 4.90 Å². The highest BCUT2D eigenvalue weighted by Crippen LogP contribution is 2.20. The molecule has 0 saturated heterocycles. The van der Waals surface area contributed by atoms with Crippen molar-refractivity contribution in [3.63, 3.8) is 0 Å². The van der Waals surface area contributed by atoms with Crippen molar-refractivity contribution in [1.82, 2.24) is 9.55 Å². The number of fused-ring (bicyclic) bond motifs is 1. The molecule has 1 N–H and O–H groups in total. The van der Waals surface area contributed by atoms with Gasteiger partial charge in [-0.1, -0.05) is 42.0 Å². The normalized spacial score (nSPS) is 11.7. The van der Waals surface area contributed by atoms with Crippen LogP contribution in [-0.2, 0) is 29.4 Å². The second-order valence-corrected chi connectivity index (χ2v) is 9.06. The SMILES string of the molecule is CCn1c(CCc2cccc(NS(=O)(=O)c3ccc(C)cc3)c2)nc2ccccc21. The molecule has 0 fully saturated rings. The van der Waals surface area contributed by atoms with Gasteiger partial charge in [-0.25, -0.2) is 13.4 Å². The molecule has 0 unspecified atom stereocenters. The van der Waals surface area contributed by atoms with E-state index in [1.54, 1.807) is 30.3 Å². The first-order valence-corrected chi connectivity index (χ1v) is 11.6. The summed E-state index contributed by atoms with van der Waals surface area (Å²) in [6.45, 7) is 4.92. The van der Waals surface area contributed by atoms with E-state index in [4.69, 9.17) is 4.98 Å². The predicted molar refractivity (Wildman–Crippen MR) is 121 cm³/mol. The van der Waals surface area contributed by atoms with Gasteiger partial charge in [0.15, 0.2) is 0 Å². The van der Waals surface area contributed by atoms with Gasteiger partial charge in [0, 0.05) is 18.7 Å². The second-order valence-electron chi connectivity index (χ2n) is 7.38. The molecule has 30 heavy (non-hydrogen) atoms. The Morgan fingerprint density at radius 3 is 2.47 bits per heavy atom. The Bertz CT molecular complexity index is 1280. The maximum atomic E-state index is 12.7. The van der Waals surface area contributed by atoms with Crippen molar-refractivity contribution < 1.29 is 8.42 Å². The van der Waals surface area contributed by atoms with Crippen LogP contribution in [0.4, 0.5) is 5.69 Å². The lowest BCUT2D eigenvalue weighted by atomic mass is 10.1. The smallest absolute Gasteiger partial charge is 0.261 e. The number of nitrogens with one attached hydrogen (secondary N) is 1. The Morgan fingerprint density at radius 2 is 1.70 bits per heavy atom. The fourth-order valence-corrected chi connectivity index (χ4v) is 4.70. The lowest BCUT2D eigenvalue weighted by Crippen LogP contribution is -2.13. The molecule has 0 spiro atoms. The van der Waals surface area contributed by atoms with Crippen LogP contribution in [0.2, 0.25) is 0 Å². The number of hydrogen-bond donors (Lipinski definition) is 1. The van der Waals surface area contributed by atoms with E-state index in [9.17, 15) is 8.42 Å². The van der Waals surface area contributed by atoms with Gasteiger partial charge in [0.25, 0.3) is 10.0 Å². The summed E-state index contributed by atoms with van der Waals surface area (Å²) in [5.74, 6) is 1.05. The number of para-hydroxylation sites is 2. The lowest BCUT2D eigenvalue weighted by Gasteiger charge is -2.10. The highest BCUT2D eigenvalue weighted by Gasteiger charge is 2.14. The molecule has 0 aliphatic carbocycles. The maximum absolute atomic E-state index is 12.7. The molecule has 0 amide bonds. The van der Waals surface area contributed by atoms with E-state index < -0.39 is 10.0 Å². The van der Waals surface area contributed by atoms with Crippen molar-refractivity contribution in [3.05, 3.63) is 89.7 Å². The number of hydrogen-bond acceptors (Lipinski definition) is 3. The van der Waals surface area contributed by atoms with Crippen LogP contribution in [-0.4, -0.2) is 18.0 Å². The van der Waals surface area contributed by atoms with Gasteiger partial charge in [0.2, 0.25) is 0 Å². The van der Waals surface area contributed by atoms with Crippen molar-refractivity contribution in [3.8, 4) is 0 Å². The quantitative estimate of drug-likeness (QED) is 0.461. The average molecular weight is 420 g/mol. The highest BCUT2D eigenvalue weighted by molar-refractivity contribution is 7.92. The van der Waals surface area contributed by atoms with Crippen LogP contribution in [0.3, 0.4) is 0 Å². The summed E-state index contributed by atoms with van der Waals surface area (Å²) < 4.78 is 30.2. The molecule has 5 nitrogen and oxygen atoms in total. The summed E-state index contributed by atoms with van der Waals surface area (Å²) in [5.41, 5.74) is 4.81. The van der Waals surface area contributed by atoms with Gasteiger partial charge in [-0.05, 0) is 62.2 Å². The second kappa shape index (κ2) is 8.32. The van der Waals surface area contributed by atoms with Crippen LogP contribution < -0.4 is 4.72 Å². The molecule has 0 saturated carbocycles. The Morgan fingerprint density at radius 1 is 0.933 bits per heavy atom. The van der Waals surface area contributed by atoms with E-state index >= 15 is 0 Å². The molecule has 6 heteroatoms. The third-order valence-corrected chi connectivity index (χ3v) is 6.59. The predicted octanol–water partition coefficient (Wildman–Crippen LogP) is 4.95. The zero-order chi connectivity index (χ0) is 21.1. The summed E-state index contributed by atoms with van der Waals surface area (Å²) in [6, 6.07) is 22.6. The molecule has 154 valence electrons. The van der Waals surface area contributed by atoms with E-state index in [2.05, 4.69) is 22.3 Å². The van der Waals surface area contributed by atoms with Crippen LogP contribution in [0, 0.1) is 6.92 Å². The van der Waals surface area contributed by atoms with Gasteiger partial charge in [-0.15, -0.1) is 0 Å². The van der Waals surface area contributed by atoms with Crippen LogP contribution >= 0.6 is 0 Å². The minimum atomic E-state index is -3.61. The molecule has 1 aromatic heterocycles. The number of nitrogens with zero attached hydrogens (tertiary/aromatic N) is 2. The molecule has 4 aromatic rings. The maximum Gasteiger partial charge on any atom is 0.261 e. The Kier molecular flexibility index (Phi) is 5.59. The number of benzene rings is 3. The summed E-state index contributed by atoms with van der Waals surface area (Å²) in [6.07, 6.45) is 1.57. The summed E-state index contributed by atoms with van der Waals surface area (Å²) >= 11 is 0. The largest absolute Gasteiger partial charge is 0.328 e. The Labute approximate surface area is 177 Å². The van der Waals surface area contributed by atoms with E-state index in [0.717, 1.165) is 47.4 Å². The van der Waals surface area contributed by atoms with E-state index in [0.29, 0.717) is 5.69 Å². The number of sulfonamides is 1. The Balaban J connectivity index is 1.51. The Hall–Kier alpha value is -3.12. The summed E-state index contributed by atoms with van der Waals surface area (Å²) in [7, 11) is -3.61. The number of rotatable bonds is 7. The van der Waals surface area contributed by atoms with Crippen LogP contribution in [0.15, 0.2) is 77.7 Å². The summed E-state index contributed by atoms with van der Waals surface area (Å²) in [5, 5.41) is 0. The van der Waals surface area contributed by atoms with Crippen LogP contribution in [0.25, 0.3) is 11.0 Å². The standard InChI is InChI=1S/C24H25N3O2S/c1-3-27-23-10-5-4-9-22(23)25-24(27)16-13-19-7-6-8-20(17-19)26-30(28,29)21-14-11-18(2)12-15-21/h4-12,14-15,17,26H,3,13,16H2,1-2H3. The highest BCUT2D eigenvalue weighted by atomic mass is 32.2. The first-order valence-electron chi connectivity index (χ1n) is 10.1. The molecule has 0 bridgehead atoms. The van der Waals surface area contributed by atoms with Crippen molar-refractivity contribution >= 4 is 26.7 Å². The van der Waals surface area contributed by atoms with Gasteiger partial charge in [0.1, 0.15) is 5.82 Å². The van der Waals surface area contributed by atoms with Gasteiger partial charge in [-0.3, -0.25) is 4.72 Å². The van der Waals surface area contributed by atoms with Gasteiger partial charge in [-0.2, -0.15) is 0 Å². The molecule has 1 heterocycles. The third-order valence-electron chi connectivity index (χ3n) is 5.20. The fourth-order valence-electron chi connectivity index (χ4n) is 3.65. The number of aromatic nitrogens is 2. The van der Waals surface area contributed by atoms with Gasteiger partial charge < -0.3 is 4.57 Å².